The Hall–Kier alpha value is -2.78. The van der Waals surface area contributed by atoms with Crippen LogP contribution in [0.15, 0.2) is 60.9 Å². The number of fused-ring (bicyclic) bond motifs is 4. The highest BCUT2D eigenvalue weighted by molar-refractivity contribution is 7.26. The van der Waals surface area contributed by atoms with E-state index in [1.807, 2.05) is 11.3 Å². The van der Waals surface area contributed by atoms with E-state index >= 15 is 0 Å². The zero-order valence-corrected chi connectivity index (χ0v) is 17.3. The van der Waals surface area contributed by atoms with Gasteiger partial charge in [-0.1, -0.05) is 43.2 Å². The number of aromatic nitrogens is 2. The molecule has 0 aliphatic heterocycles. The van der Waals surface area contributed by atoms with Gasteiger partial charge in [0.1, 0.15) is 6.33 Å². The second kappa shape index (κ2) is 6.64. The van der Waals surface area contributed by atoms with Crippen LogP contribution in [-0.2, 0) is 0 Å². The Morgan fingerprint density at radius 2 is 1.72 bits per heavy atom. The highest BCUT2D eigenvalue weighted by Crippen LogP contribution is 2.42. The Labute approximate surface area is 174 Å². The molecule has 0 unspecified atom stereocenters. The maximum Gasteiger partial charge on any atom is 0.116 e. The molecule has 0 N–H and O–H groups in total. The molecule has 1 fully saturated rings. The van der Waals surface area contributed by atoms with Gasteiger partial charge in [0.15, 0.2) is 0 Å². The van der Waals surface area contributed by atoms with Crippen LogP contribution in [0.2, 0.25) is 0 Å². The number of thiophene rings is 1. The van der Waals surface area contributed by atoms with E-state index in [4.69, 9.17) is 4.98 Å². The smallest absolute Gasteiger partial charge is 0.116 e. The Balaban J connectivity index is 1.60. The summed E-state index contributed by atoms with van der Waals surface area (Å²) >= 11 is 1.86. The lowest BCUT2D eigenvalue weighted by Gasteiger charge is -2.12. The van der Waals surface area contributed by atoms with Crippen molar-refractivity contribution >= 4 is 42.4 Å². The second-order valence-electron chi connectivity index (χ2n) is 8.27. The summed E-state index contributed by atoms with van der Waals surface area (Å²) in [7, 11) is 0. The summed E-state index contributed by atoms with van der Waals surface area (Å²) in [6, 6.07) is 20.1. The summed E-state index contributed by atoms with van der Waals surface area (Å²) in [5.74, 6) is 0.700. The maximum absolute atomic E-state index is 4.76. The Bertz CT molecular complexity index is 1380. The molecule has 2 heterocycles. The highest BCUT2D eigenvalue weighted by Gasteiger charge is 2.19. The van der Waals surface area contributed by atoms with Crippen LogP contribution >= 0.6 is 11.3 Å². The molecule has 6 rings (SSSR count). The molecule has 1 aliphatic rings. The Morgan fingerprint density at radius 1 is 0.862 bits per heavy atom. The number of hydrogen-bond donors (Lipinski definition) is 0. The van der Waals surface area contributed by atoms with Gasteiger partial charge in [0.2, 0.25) is 0 Å². The van der Waals surface area contributed by atoms with Crippen LogP contribution < -0.4 is 0 Å². The third-order valence-electron chi connectivity index (χ3n) is 6.36. The number of benzene rings is 3. The molecule has 0 atom stereocenters. The summed E-state index contributed by atoms with van der Waals surface area (Å²) < 4.78 is 2.65. The quantitative estimate of drug-likeness (QED) is 0.307. The van der Waals surface area contributed by atoms with Crippen molar-refractivity contribution in [1.82, 2.24) is 9.97 Å². The maximum atomic E-state index is 4.76. The summed E-state index contributed by atoms with van der Waals surface area (Å²) in [6.45, 7) is 2.18. The molecule has 3 aromatic carbocycles. The van der Waals surface area contributed by atoms with Crippen LogP contribution in [-0.4, -0.2) is 9.97 Å². The zero-order valence-electron chi connectivity index (χ0n) is 16.5. The first kappa shape index (κ1) is 17.1. The molecule has 0 radical (unpaired) electrons. The lowest BCUT2D eigenvalue weighted by molar-refractivity contribution is 0.724. The van der Waals surface area contributed by atoms with Gasteiger partial charge in [0, 0.05) is 31.1 Å². The molecule has 0 saturated heterocycles. The first-order valence-electron chi connectivity index (χ1n) is 10.4. The van der Waals surface area contributed by atoms with E-state index in [9.17, 15) is 0 Å². The minimum absolute atomic E-state index is 0.700. The molecule has 3 heteroatoms. The van der Waals surface area contributed by atoms with Crippen molar-refractivity contribution in [3.8, 4) is 11.3 Å². The number of hydrogen-bond acceptors (Lipinski definition) is 3. The van der Waals surface area contributed by atoms with Gasteiger partial charge in [0.05, 0.1) is 11.2 Å². The number of nitrogens with zero attached hydrogens (tertiary/aromatic N) is 2. The Morgan fingerprint density at radius 3 is 2.62 bits per heavy atom. The van der Waals surface area contributed by atoms with Gasteiger partial charge < -0.3 is 0 Å². The molecule has 1 saturated carbocycles. The topological polar surface area (TPSA) is 25.8 Å². The molecule has 2 aromatic heterocycles. The van der Waals surface area contributed by atoms with Crippen molar-refractivity contribution in [3.63, 3.8) is 0 Å². The lowest BCUT2D eigenvalue weighted by atomic mass is 9.95. The van der Waals surface area contributed by atoms with Crippen LogP contribution in [0, 0.1) is 6.92 Å². The summed E-state index contributed by atoms with van der Waals surface area (Å²) in [5.41, 5.74) is 6.05. The predicted octanol–water partition coefficient (Wildman–Crippen LogP) is 7.63. The van der Waals surface area contributed by atoms with E-state index in [1.165, 1.54) is 62.5 Å². The van der Waals surface area contributed by atoms with Crippen molar-refractivity contribution in [1.29, 1.82) is 0 Å². The van der Waals surface area contributed by atoms with Crippen LogP contribution in [0.3, 0.4) is 0 Å². The Kier molecular flexibility index (Phi) is 3.91. The molecule has 1 aliphatic carbocycles. The fourth-order valence-electron chi connectivity index (χ4n) is 4.95. The number of aryl methyl sites for hydroxylation is 1. The number of rotatable bonds is 2. The average molecular weight is 395 g/mol. The van der Waals surface area contributed by atoms with Crippen molar-refractivity contribution in [2.75, 3.05) is 0 Å². The van der Waals surface area contributed by atoms with E-state index in [1.54, 1.807) is 6.33 Å². The van der Waals surface area contributed by atoms with E-state index in [0.717, 1.165) is 16.6 Å². The molecular weight excluding hydrogens is 372 g/mol. The van der Waals surface area contributed by atoms with Crippen LogP contribution in [0.4, 0.5) is 0 Å². The van der Waals surface area contributed by atoms with Gasteiger partial charge in [-0.3, -0.25) is 0 Å². The molecule has 0 bridgehead atoms. The van der Waals surface area contributed by atoms with E-state index < -0.39 is 0 Å². The minimum atomic E-state index is 0.700. The third kappa shape index (κ3) is 2.76. The molecule has 2 nitrogen and oxygen atoms in total. The first-order chi connectivity index (χ1) is 14.3. The normalized spacial score (nSPS) is 15.1. The SMILES string of the molecule is Cc1cc(-c2ncnc3cc(C4CCCC4)ccc23)c2sc3ccccc3c2c1. The summed E-state index contributed by atoms with van der Waals surface area (Å²) in [6.07, 6.45) is 7.06. The van der Waals surface area contributed by atoms with Gasteiger partial charge >= 0.3 is 0 Å². The highest BCUT2D eigenvalue weighted by atomic mass is 32.1. The molecule has 0 amide bonds. The minimum Gasteiger partial charge on any atom is -0.236 e. The fourth-order valence-corrected chi connectivity index (χ4v) is 6.15. The van der Waals surface area contributed by atoms with Crippen molar-refractivity contribution in [2.24, 2.45) is 0 Å². The predicted molar refractivity (Wildman–Crippen MR) is 124 cm³/mol. The summed E-state index contributed by atoms with van der Waals surface area (Å²) in [5, 5.41) is 3.81. The zero-order chi connectivity index (χ0) is 19.4. The van der Waals surface area contributed by atoms with Crippen molar-refractivity contribution in [3.05, 3.63) is 72.1 Å². The van der Waals surface area contributed by atoms with Crippen LogP contribution in [0.1, 0.15) is 42.7 Å². The average Bonchev–Trinajstić information content (AvgIpc) is 3.41. The lowest BCUT2D eigenvalue weighted by Crippen LogP contribution is -1.95. The van der Waals surface area contributed by atoms with Crippen molar-refractivity contribution in [2.45, 2.75) is 38.5 Å². The molecule has 5 aromatic rings. The first-order valence-corrected chi connectivity index (χ1v) is 11.3. The van der Waals surface area contributed by atoms with Crippen LogP contribution in [0.25, 0.3) is 42.3 Å². The third-order valence-corrected chi connectivity index (χ3v) is 7.58. The molecule has 0 spiro atoms. The molecule has 142 valence electrons. The fraction of sp³-hybridized carbons (Fsp3) is 0.231. The molecule has 29 heavy (non-hydrogen) atoms. The van der Waals surface area contributed by atoms with E-state index in [2.05, 4.69) is 66.5 Å². The van der Waals surface area contributed by atoms with Gasteiger partial charge in [-0.25, -0.2) is 9.97 Å². The largest absolute Gasteiger partial charge is 0.236 e. The van der Waals surface area contributed by atoms with Gasteiger partial charge in [-0.05, 0) is 61.1 Å². The van der Waals surface area contributed by atoms with E-state index in [-0.39, 0.29) is 0 Å². The molecular formula is C26H22N2S. The van der Waals surface area contributed by atoms with Gasteiger partial charge in [-0.15, -0.1) is 11.3 Å². The second-order valence-corrected chi connectivity index (χ2v) is 9.32. The van der Waals surface area contributed by atoms with Gasteiger partial charge in [-0.2, -0.15) is 0 Å². The van der Waals surface area contributed by atoms with Gasteiger partial charge in [0.25, 0.3) is 0 Å². The summed E-state index contributed by atoms with van der Waals surface area (Å²) in [4.78, 5) is 9.40. The van der Waals surface area contributed by atoms with Crippen molar-refractivity contribution < 1.29 is 0 Å². The standard InChI is InChI=1S/C26H22N2S/c1-16-12-21-19-8-4-5-9-24(19)29-26(21)22(13-16)25-20-11-10-18(17-6-2-3-7-17)14-23(20)27-15-28-25/h4-5,8-15,17H,2-3,6-7H2,1H3. The monoisotopic (exact) mass is 394 g/mol. The van der Waals surface area contributed by atoms with Crippen LogP contribution in [0.5, 0.6) is 0 Å². The van der Waals surface area contributed by atoms with E-state index in [0.29, 0.717) is 5.92 Å².